The van der Waals surface area contributed by atoms with Crippen LogP contribution in [0.1, 0.15) is 30.9 Å². The number of likely N-dealkylation sites (N-methyl/N-ethyl adjacent to an activating group) is 1. The number of methoxy groups -OCH3 is 1. The van der Waals surface area contributed by atoms with E-state index in [0.717, 1.165) is 13.1 Å². The summed E-state index contributed by atoms with van der Waals surface area (Å²) in [6, 6.07) is 17.4. The van der Waals surface area contributed by atoms with Gasteiger partial charge in [0.25, 0.3) is 0 Å². The number of benzene rings is 2. The van der Waals surface area contributed by atoms with E-state index in [1.54, 1.807) is 32.0 Å². The summed E-state index contributed by atoms with van der Waals surface area (Å²) in [4.78, 5) is 32.8. The lowest BCUT2D eigenvalue weighted by molar-refractivity contribution is -0.144. The molecule has 0 saturated carbocycles. The average molecular weight is 557 g/mol. The maximum Gasteiger partial charge on any atom is 0.336 e. The number of carbonyl (C=O) groups excluding carboxylic acids is 2. The molecule has 8 nitrogen and oxygen atoms in total. The van der Waals surface area contributed by atoms with Gasteiger partial charge in [0, 0.05) is 29.7 Å². The van der Waals surface area contributed by atoms with Gasteiger partial charge in [-0.3, -0.25) is 14.7 Å². The van der Waals surface area contributed by atoms with Crippen molar-refractivity contribution in [3.63, 3.8) is 0 Å². The van der Waals surface area contributed by atoms with Gasteiger partial charge in [-0.25, -0.2) is 4.79 Å². The largest absolute Gasteiger partial charge is 0.468 e. The predicted octanol–water partition coefficient (Wildman–Crippen LogP) is 4.67. The minimum absolute atomic E-state index is 0.0532. The van der Waals surface area contributed by atoms with E-state index in [-0.39, 0.29) is 18.8 Å². The van der Waals surface area contributed by atoms with E-state index < -0.39 is 23.8 Å². The Morgan fingerprint density at radius 2 is 1.69 bits per heavy atom. The van der Waals surface area contributed by atoms with Crippen LogP contribution >= 0.6 is 11.6 Å². The van der Waals surface area contributed by atoms with E-state index in [4.69, 9.17) is 30.5 Å². The van der Waals surface area contributed by atoms with Gasteiger partial charge in [-0.05, 0) is 38.1 Å². The molecule has 3 rings (SSSR count). The molecule has 2 unspecified atom stereocenters. The van der Waals surface area contributed by atoms with Crippen LogP contribution in [-0.2, 0) is 35.1 Å². The van der Waals surface area contributed by atoms with Crippen LogP contribution in [0.5, 0.6) is 0 Å². The van der Waals surface area contributed by atoms with Crippen molar-refractivity contribution in [3.8, 4) is 0 Å². The highest BCUT2D eigenvalue weighted by Crippen LogP contribution is 2.42. The van der Waals surface area contributed by atoms with Gasteiger partial charge in [-0.15, -0.1) is 0 Å². The fourth-order valence-corrected chi connectivity index (χ4v) is 4.83. The third-order valence-electron chi connectivity index (χ3n) is 6.43. The van der Waals surface area contributed by atoms with Gasteiger partial charge in [0.05, 0.1) is 51.4 Å². The SMILES string of the molecule is CCOC(=O)C1=C(COCCOCCN(C)Cc2ccccc2)N=C(C)C(C(=O)OC)C1c1ccccc1Cl. The molecule has 0 radical (unpaired) electrons. The molecule has 0 aliphatic carbocycles. The van der Waals surface area contributed by atoms with Gasteiger partial charge in [-0.2, -0.15) is 0 Å². The Morgan fingerprint density at radius 3 is 2.38 bits per heavy atom. The number of hydrogen-bond acceptors (Lipinski definition) is 8. The zero-order valence-corrected chi connectivity index (χ0v) is 23.8. The minimum Gasteiger partial charge on any atom is -0.468 e. The summed E-state index contributed by atoms with van der Waals surface area (Å²) in [5.41, 5.74) is 3.03. The molecule has 0 fully saturated rings. The van der Waals surface area contributed by atoms with Crippen molar-refractivity contribution in [2.45, 2.75) is 26.3 Å². The lowest BCUT2D eigenvalue weighted by Crippen LogP contribution is -2.37. The molecule has 1 aliphatic rings. The summed E-state index contributed by atoms with van der Waals surface area (Å²) in [6.07, 6.45) is 0. The van der Waals surface area contributed by atoms with Crippen molar-refractivity contribution < 1.29 is 28.5 Å². The number of hydrogen-bond donors (Lipinski definition) is 0. The second kappa shape index (κ2) is 15.5. The van der Waals surface area contributed by atoms with Crippen LogP contribution in [0.4, 0.5) is 0 Å². The number of halogens is 1. The molecule has 0 aromatic heterocycles. The average Bonchev–Trinajstić information content (AvgIpc) is 2.92. The molecule has 210 valence electrons. The first-order valence-corrected chi connectivity index (χ1v) is 13.4. The first kappa shape index (κ1) is 30.5. The van der Waals surface area contributed by atoms with E-state index in [1.165, 1.54) is 12.7 Å². The standard InChI is InChI=1S/C30H37ClN2O6/c1-5-39-30(35)28-25(20-38-18-17-37-16-15-33(3)19-22-11-7-6-8-12-22)32-21(2)26(29(34)36-4)27(28)23-13-9-10-14-24(23)31/h6-14,26-27H,5,15-20H2,1-4H3. The molecule has 2 aromatic carbocycles. The Balaban J connectivity index is 1.67. The van der Waals surface area contributed by atoms with Gasteiger partial charge in [-0.1, -0.05) is 60.1 Å². The molecule has 1 aliphatic heterocycles. The number of nitrogens with zero attached hydrogens (tertiary/aromatic N) is 2. The predicted molar refractivity (Wildman–Crippen MR) is 151 cm³/mol. The molecule has 2 atom stereocenters. The fraction of sp³-hybridized carbons (Fsp3) is 0.433. The van der Waals surface area contributed by atoms with Crippen molar-refractivity contribution >= 4 is 29.3 Å². The summed E-state index contributed by atoms with van der Waals surface area (Å²) in [5, 5.41) is 0.429. The summed E-state index contributed by atoms with van der Waals surface area (Å²) >= 11 is 6.54. The first-order chi connectivity index (χ1) is 18.9. The summed E-state index contributed by atoms with van der Waals surface area (Å²) in [7, 11) is 3.36. The fourth-order valence-electron chi connectivity index (χ4n) is 4.57. The second-order valence-electron chi connectivity index (χ2n) is 9.22. The molecule has 0 amide bonds. The van der Waals surface area contributed by atoms with E-state index in [2.05, 4.69) is 29.1 Å². The van der Waals surface area contributed by atoms with Crippen molar-refractivity contribution in [1.82, 2.24) is 4.90 Å². The first-order valence-electron chi connectivity index (χ1n) is 13.0. The zero-order valence-electron chi connectivity index (χ0n) is 23.0. The third-order valence-corrected chi connectivity index (χ3v) is 6.78. The maximum absolute atomic E-state index is 13.2. The summed E-state index contributed by atoms with van der Waals surface area (Å²) < 4.78 is 22.1. The quantitative estimate of drug-likeness (QED) is 0.247. The van der Waals surface area contributed by atoms with Crippen LogP contribution in [0.3, 0.4) is 0 Å². The number of aliphatic imine (C=N–C) groups is 1. The zero-order chi connectivity index (χ0) is 28.2. The Hall–Kier alpha value is -3.04. The van der Waals surface area contributed by atoms with Crippen molar-refractivity contribution in [1.29, 1.82) is 0 Å². The van der Waals surface area contributed by atoms with Crippen molar-refractivity contribution in [2.75, 3.05) is 53.7 Å². The Labute approximate surface area is 235 Å². The topological polar surface area (TPSA) is 86.7 Å². The van der Waals surface area contributed by atoms with Crippen LogP contribution in [0.15, 0.2) is 70.9 Å². The normalized spacial score (nSPS) is 17.2. The van der Waals surface area contributed by atoms with E-state index >= 15 is 0 Å². The third kappa shape index (κ3) is 8.47. The van der Waals surface area contributed by atoms with Gasteiger partial charge in [0.15, 0.2) is 0 Å². The molecule has 0 saturated heterocycles. The van der Waals surface area contributed by atoms with Gasteiger partial charge in [0.2, 0.25) is 0 Å². The molecule has 0 spiro atoms. The molecular formula is C30H37ClN2O6. The minimum atomic E-state index is -0.825. The molecular weight excluding hydrogens is 520 g/mol. The van der Waals surface area contributed by atoms with Crippen LogP contribution in [-0.4, -0.2) is 76.3 Å². The number of carbonyl (C=O) groups is 2. The molecule has 0 N–H and O–H groups in total. The molecule has 1 heterocycles. The Kier molecular flexibility index (Phi) is 12.1. The van der Waals surface area contributed by atoms with Crippen molar-refractivity contribution in [2.24, 2.45) is 10.9 Å². The van der Waals surface area contributed by atoms with E-state index in [9.17, 15) is 9.59 Å². The van der Waals surface area contributed by atoms with E-state index in [1.807, 2.05) is 24.3 Å². The molecule has 2 aromatic rings. The number of esters is 2. The van der Waals surface area contributed by atoms with Gasteiger partial charge < -0.3 is 18.9 Å². The van der Waals surface area contributed by atoms with Gasteiger partial charge >= 0.3 is 11.9 Å². The van der Waals surface area contributed by atoms with E-state index in [0.29, 0.717) is 41.8 Å². The van der Waals surface area contributed by atoms with Crippen LogP contribution in [0.2, 0.25) is 5.02 Å². The Morgan fingerprint density at radius 1 is 1.00 bits per heavy atom. The second-order valence-corrected chi connectivity index (χ2v) is 9.63. The smallest absolute Gasteiger partial charge is 0.336 e. The maximum atomic E-state index is 13.2. The summed E-state index contributed by atoms with van der Waals surface area (Å²) in [5.74, 6) is -2.62. The number of rotatable bonds is 14. The lowest BCUT2D eigenvalue weighted by atomic mass is 9.75. The number of ether oxygens (including phenoxy) is 4. The molecule has 9 heteroatoms. The lowest BCUT2D eigenvalue weighted by Gasteiger charge is -2.32. The highest BCUT2D eigenvalue weighted by atomic mass is 35.5. The monoisotopic (exact) mass is 556 g/mol. The Bertz CT molecular complexity index is 1170. The summed E-state index contributed by atoms with van der Waals surface area (Å²) in [6.45, 7) is 6.59. The highest BCUT2D eigenvalue weighted by Gasteiger charge is 2.43. The molecule has 39 heavy (non-hydrogen) atoms. The van der Waals surface area contributed by atoms with Crippen LogP contribution in [0.25, 0.3) is 0 Å². The molecule has 0 bridgehead atoms. The van der Waals surface area contributed by atoms with Gasteiger partial charge in [0.1, 0.15) is 5.92 Å². The van der Waals surface area contributed by atoms with Crippen LogP contribution < -0.4 is 0 Å². The van der Waals surface area contributed by atoms with Crippen molar-refractivity contribution in [3.05, 3.63) is 82.0 Å². The highest BCUT2D eigenvalue weighted by molar-refractivity contribution is 6.31. The van der Waals surface area contributed by atoms with Crippen LogP contribution in [0, 0.1) is 5.92 Å².